The lowest BCUT2D eigenvalue weighted by Crippen LogP contribution is -2.00. The van der Waals surface area contributed by atoms with Crippen molar-refractivity contribution in [1.29, 1.82) is 0 Å². The maximum atomic E-state index is 5.46. The molecule has 1 heterocycles. The van der Waals surface area contributed by atoms with Crippen LogP contribution < -0.4 is 14.8 Å². The first-order chi connectivity index (χ1) is 8.83. The lowest BCUT2D eigenvalue weighted by Gasteiger charge is -2.11. The molecule has 0 radical (unpaired) electrons. The molecule has 0 amide bonds. The normalized spacial score (nSPS) is 10.1. The van der Waals surface area contributed by atoms with Gasteiger partial charge >= 0.3 is 0 Å². The Hall–Kier alpha value is -2.10. The zero-order valence-corrected chi connectivity index (χ0v) is 10.6. The van der Waals surface area contributed by atoms with Crippen LogP contribution in [-0.2, 0) is 6.54 Å². The fourth-order valence-corrected chi connectivity index (χ4v) is 1.65. The number of furan rings is 1. The molecule has 1 aromatic carbocycles. The van der Waals surface area contributed by atoms with Gasteiger partial charge in [-0.2, -0.15) is 0 Å². The zero-order chi connectivity index (χ0) is 12.8. The molecule has 0 saturated carbocycles. The van der Waals surface area contributed by atoms with Crippen molar-refractivity contribution in [3.63, 3.8) is 0 Å². The van der Waals surface area contributed by atoms with E-state index in [9.17, 15) is 0 Å². The van der Waals surface area contributed by atoms with E-state index in [1.54, 1.807) is 13.4 Å². The first-order valence-corrected chi connectivity index (χ1v) is 5.90. The van der Waals surface area contributed by atoms with Crippen molar-refractivity contribution in [2.45, 2.75) is 13.5 Å². The van der Waals surface area contributed by atoms with Crippen LogP contribution in [-0.4, -0.2) is 13.7 Å². The molecule has 0 aliphatic carbocycles. The molecule has 2 rings (SSSR count). The van der Waals surface area contributed by atoms with Gasteiger partial charge in [0.1, 0.15) is 5.76 Å². The highest BCUT2D eigenvalue weighted by Crippen LogP contribution is 2.30. The molecule has 0 fully saturated rings. The third kappa shape index (κ3) is 2.97. The highest BCUT2D eigenvalue weighted by molar-refractivity contribution is 5.54. The number of nitrogens with one attached hydrogen (secondary N) is 1. The second-order valence-corrected chi connectivity index (χ2v) is 3.73. The molecular formula is C14H17NO3. The average molecular weight is 247 g/mol. The Labute approximate surface area is 107 Å². The Morgan fingerprint density at radius 3 is 2.78 bits per heavy atom. The van der Waals surface area contributed by atoms with Crippen LogP contribution in [0.25, 0.3) is 0 Å². The van der Waals surface area contributed by atoms with Crippen molar-refractivity contribution < 1.29 is 13.9 Å². The summed E-state index contributed by atoms with van der Waals surface area (Å²) in [4.78, 5) is 0. The van der Waals surface area contributed by atoms with E-state index in [0.29, 0.717) is 13.2 Å². The summed E-state index contributed by atoms with van der Waals surface area (Å²) in [5, 5.41) is 3.26. The van der Waals surface area contributed by atoms with Crippen molar-refractivity contribution >= 4 is 5.69 Å². The number of ether oxygens (including phenoxy) is 2. The molecule has 96 valence electrons. The second-order valence-electron chi connectivity index (χ2n) is 3.73. The van der Waals surface area contributed by atoms with E-state index in [1.807, 2.05) is 37.3 Å². The number of methoxy groups -OCH3 is 1. The van der Waals surface area contributed by atoms with Gasteiger partial charge in [0, 0.05) is 11.8 Å². The second kappa shape index (κ2) is 6.00. The SMILES string of the molecule is CCOc1ccc(NCc2ccco2)cc1OC. The van der Waals surface area contributed by atoms with Crippen molar-refractivity contribution in [2.75, 3.05) is 19.0 Å². The fraction of sp³-hybridized carbons (Fsp3) is 0.286. The molecule has 0 aliphatic heterocycles. The molecule has 2 aromatic rings. The van der Waals surface area contributed by atoms with Gasteiger partial charge in [0.2, 0.25) is 0 Å². The summed E-state index contributed by atoms with van der Waals surface area (Å²) in [6.07, 6.45) is 1.66. The van der Waals surface area contributed by atoms with Crippen molar-refractivity contribution in [3.05, 3.63) is 42.4 Å². The lowest BCUT2D eigenvalue weighted by atomic mass is 10.2. The molecule has 0 atom stereocenters. The smallest absolute Gasteiger partial charge is 0.162 e. The summed E-state index contributed by atoms with van der Waals surface area (Å²) in [5.41, 5.74) is 0.965. The van der Waals surface area contributed by atoms with Crippen LogP contribution in [0.4, 0.5) is 5.69 Å². The van der Waals surface area contributed by atoms with Crippen LogP contribution in [0.1, 0.15) is 12.7 Å². The van der Waals surface area contributed by atoms with Gasteiger partial charge in [-0.05, 0) is 31.2 Å². The molecular weight excluding hydrogens is 230 g/mol. The fourth-order valence-electron chi connectivity index (χ4n) is 1.65. The maximum Gasteiger partial charge on any atom is 0.162 e. The van der Waals surface area contributed by atoms with Gasteiger partial charge < -0.3 is 19.2 Å². The third-order valence-corrected chi connectivity index (χ3v) is 2.51. The highest BCUT2D eigenvalue weighted by Gasteiger charge is 2.05. The molecule has 1 N–H and O–H groups in total. The topological polar surface area (TPSA) is 43.6 Å². The minimum absolute atomic E-state index is 0.621. The number of hydrogen-bond acceptors (Lipinski definition) is 4. The van der Waals surface area contributed by atoms with Gasteiger partial charge in [0.05, 0.1) is 26.5 Å². The Kier molecular flexibility index (Phi) is 4.12. The Morgan fingerprint density at radius 2 is 2.11 bits per heavy atom. The predicted molar refractivity (Wildman–Crippen MR) is 70.2 cm³/mol. The Balaban J connectivity index is 2.05. The number of anilines is 1. The van der Waals surface area contributed by atoms with E-state index in [-0.39, 0.29) is 0 Å². The summed E-state index contributed by atoms with van der Waals surface area (Å²) in [6, 6.07) is 9.56. The molecule has 1 aromatic heterocycles. The monoisotopic (exact) mass is 247 g/mol. The van der Waals surface area contributed by atoms with E-state index in [2.05, 4.69) is 5.32 Å². The van der Waals surface area contributed by atoms with Crippen molar-refractivity contribution in [2.24, 2.45) is 0 Å². The van der Waals surface area contributed by atoms with Gasteiger partial charge in [-0.1, -0.05) is 0 Å². The lowest BCUT2D eigenvalue weighted by molar-refractivity contribution is 0.311. The van der Waals surface area contributed by atoms with Gasteiger partial charge in [0.15, 0.2) is 11.5 Å². The predicted octanol–water partition coefficient (Wildman–Crippen LogP) is 3.30. The number of rotatable bonds is 6. The van der Waals surface area contributed by atoms with Gasteiger partial charge in [-0.25, -0.2) is 0 Å². The minimum atomic E-state index is 0.621. The summed E-state index contributed by atoms with van der Waals surface area (Å²) >= 11 is 0. The largest absolute Gasteiger partial charge is 0.493 e. The van der Waals surface area contributed by atoms with Gasteiger partial charge in [-0.15, -0.1) is 0 Å². The average Bonchev–Trinajstić information content (AvgIpc) is 2.91. The van der Waals surface area contributed by atoms with Crippen molar-refractivity contribution in [3.8, 4) is 11.5 Å². The Morgan fingerprint density at radius 1 is 1.22 bits per heavy atom. The number of hydrogen-bond donors (Lipinski definition) is 1. The highest BCUT2D eigenvalue weighted by atomic mass is 16.5. The number of benzene rings is 1. The summed E-state index contributed by atoms with van der Waals surface area (Å²) < 4.78 is 16.0. The minimum Gasteiger partial charge on any atom is -0.493 e. The molecule has 0 spiro atoms. The Bertz CT molecular complexity index is 480. The van der Waals surface area contributed by atoms with Crippen LogP contribution in [0.15, 0.2) is 41.0 Å². The summed E-state index contributed by atoms with van der Waals surface area (Å²) in [7, 11) is 1.63. The van der Waals surface area contributed by atoms with Crippen molar-refractivity contribution in [1.82, 2.24) is 0 Å². The van der Waals surface area contributed by atoms with Gasteiger partial charge in [0.25, 0.3) is 0 Å². The molecule has 18 heavy (non-hydrogen) atoms. The van der Waals surface area contributed by atoms with Gasteiger partial charge in [-0.3, -0.25) is 0 Å². The summed E-state index contributed by atoms with van der Waals surface area (Å²) in [5.74, 6) is 2.37. The quantitative estimate of drug-likeness (QED) is 0.850. The van der Waals surface area contributed by atoms with E-state index >= 15 is 0 Å². The molecule has 0 unspecified atom stereocenters. The van der Waals surface area contributed by atoms with Crippen LogP contribution in [0.3, 0.4) is 0 Å². The molecule has 0 saturated heterocycles. The standard InChI is InChI=1S/C14H17NO3/c1-3-17-13-7-6-11(9-14(13)16-2)15-10-12-5-4-8-18-12/h4-9,15H,3,10H2,1-2H3. The van der Waals surface area contributed by atoms with Crippen LogP contribution >= 0.6 is 0 Å². The molecule has 0 aliphatic rings. The van der Waals surface area contributed by atoms with E-state index in [0.717, 1.165) is 22.9 Å². The zero-order valence-electron chi connectivity index (χ0n) is 10.6. The van der Waals surface area contributed by atoms with Crippen LogP contribution in [0.5, 0.6) is 11.5 Å². The van der Waals surface area contributed by atoms with E-state index in [4.69, 9.17) is 13.9 Å². The molecule has 4 nitrogen and oxygen atoms in total. The molecule has 4 heteroatoms. The first-order valence-electron chi connectivity index (χ1n) is 5.90. The van der Waals surface area contributed by atoms with E-state index < -0.39 is 0 Å². The summed E-state index contributed by atoms with van der Waals surface area (Å²) in [6.45, 7) is 3.21. The van der Waals surface area contributed by atoms with E-state index in [1.165, 1.54) is 0 Å². The van der Waals surface area contributed by atoms with Crippen LogP contribution in [0.2, 0.25) is 0 Å². The molecule has 0 bridgehead atoms. The van der Waals surface area contributed by atoms with Crippen LogP contribution in [0, 0.1) is 0 Å². The first kappa shape index (κ1) is 12.4. The maximum absolute atomic E-state index is 5.46. The third-order valence-electron chi connectivity index (χ3n) is 2.51.